The van der Waals surface area contributed by atoms with Crippen LogP contribution in [0.4, 0.5) is 0 Å². The van der Waals surface area contributed by atoms with Crippen molar-refractivity contribution >= 4 is 18.3 Å². The van der Waals surface area contributed by atoms with Crippen molar-refractivity contribution in [2.75, 3.05) is 13.7 Å². The molecule has 1 atom stereocenters. The van der Waals surface area contributed by atoms with E-state index in [0.29, 0.717) is 18.3 Å². The molecule has 136 valence electrons. The van der Waals surface area contributed by atoms with Crippen molar-refractivity contribution in [2.24, 2.45) is 11.7 Å². The molecule has 0 aromatic heterocycles. The Kier molecular flexibility index (Phi) is 7.36. The number of carbonyl (C=O) groups is 1. The number of halogens is 1. The molecular formula is C18H29ClN2O3. The maximum absolute atomic E-state index is 12.0. The fourth-order valence-electron chi connectivity index (χ4n) is 2.26. The Balaban J connectivity index is 0.00000288. The van der Waals surface area contributed by atoms with E-state index in [-0.39, 0.29) is 24.4 Å². The number of nitrogens with two attached hydrogens (primary N) is 1. The van der Waals surface area contributed by atoms with E-state index in [1.165, 1.54) is 0 Å². The van der Waals surface area contributed by atoms with Crippen LogP contribution in [0.25, 0.3) is 0 Å². The van der Waals surface area contributed by atoms with Gasteiger partial charge < -0.3 is 20.5 Å². The topological polar surface area (TPSA) is 73.6 Å². The number of methoxy groups -OCH3 is 1. The molecule has 1 aliphatic carbocycles. The lowest BCUT2D eigenvalue weighted by atomic mass is 10.1. The van der Waals surface area contributed by atoms with Crippen LogP contribution >= 0.6 is 12.4 Å². The summed E-state index contributed by atoms with van der Waals surface area (Å²) in [7, 11) is 1.62. The first-order chi connectivity index (χ1) is 10.9. The highest BCUT2D eigenvalue weighted by molar-refractivity contribution is 5.89. The summed E-state index contributed by atoms with van der Waals surface area (Å²) >= 11 is 0. The van der Waals surface area contributed by atoms with Gasteiger partial charge in [0.25, 0.3) is 0 Å². The fourth-order valence-corrected chi connectivity index (χ4v) is 2.26. The molecule has 1 saturated carbocycles. The third kappa shape index (κ3) is 5.28. The van der Waals surface area contributed by atoms with E-state index in [1.54, 1.807) is 7.11 Å². The lowest BCUT2D eigenvalue weighted by Crippen LogP contribution is -2.43. The second kappa shape index (κ2) is 8.58. The quantitative estimate of drug-likeness (QED) is 0.750. The number of carbonyl (C=O) groups excluding carboxylic acids is 1. The zero-order valence-electron chi connectivity index (χ0n) is 14.9. The first kappa shape index (κ1) is 20.6. The highest BCUT2D eigenvalue weighted by Crippen LogP contribution is 2.34. The Morgan fingerprint density at radius 3 is 2.50 bits per heavy atom. The predicted octanol–water partition coefficient (Wildman–Crippen LogP) is 3.21. The summed E-state index contributed by atoms with van der Waals surface area (Å²) in [5.41, 5.74) is 6.23. The first-order valence-corrected chi connectivity index (χ1v) is 8.26. The summed E-state index contributed by atoms with van der Waals surface area (Å²) in [6.07, 6.45) is 2.52. The van der Waals surface area contributed by atoms with E-state index in [1.807, 2.05) is 25.1 Å². The number of benzene rings is 1. The summed E-state index contributed by atoms with van der Waals surface area (Å²) in [5, 5.41) is 2.97. The molecule has 3 N–H and O–H groups in total. The largest absolute Gasteiger partial charge is 0.493 e. The van der Waals surface area contributed by atoms with Gasteiger partial charge in [0.15, 0.2) is 11.5 Å². The smallest absolute Gasteiger partial charge is 0.240 e. The predicted molar refractivity (Wildman–Crippen MR) is 97.9 cm³/mol. The van der Waals surface area contributed by atoms with Crippen LogP contribution in [0.15, 0.2) is 18.2 Å². The summed E-state index contributed by atoms with van der Waals surface area (Å²) in [6, 6.07) is 5.63. The van der Waals surface area contributed by atoms with Crippen molar-refractivity contribution in [1.29, 1.82) is 0 Å². The molecule has 1 aromatic rings. The van der Waals surface area contributed by atoms with Gasteiger partial charge in [0, 0.05) is 0 Å². The lowest BCUT2D eigenvalue weighted by molar-refractivity contribution is -0.123. The van der Waals surface area contributed by atoms with Crippen molar-refractivity contribution in [3.05, 3.63) is 23.8 Å². The van der Waals surface area contributed by atoms with Gasteiger partial charge in [0.1, 0.15) is 0 Å². The molecular weight excluding hydrogens is 328 g/mol. The number of hydrogen-bond donors (Lipinski definition) is 2. The van der Waals surface area contributed by atoms with Crippen LogP contribution in [-0.2, 0) is 4.79 Å². The minimum Gasteiger partial charge on any atom is -0.493 e. The molecule has 1 unspecified atom stereocenters. The number of rotatable bonds is 8. The first-order valence-electron chi connectivity index (χ1n) is 8.26. The van der Waals surface area contributed by atoms with Gasteiger partial charge in [-0.25, -0.2) is 0 Å². The minimum atomic E-state index is -0.655. The van der Waals surface area contributed by atoms with E-state index in [0.717, 1.165) is 30.6 Å². The van der Waals surface area contributed by atoms with Crippen molar-refractivity contribution in [1.82, 2.24) is 5.32 Å². The van der Waals surface area contributed by atoms with Gasteiger partial charge in [-0.15, -0.1) is 12.4 Å². The average Bonchev–Trinajstić information content (AvgIpc) is 3.26. The molecule has 2 rings (SSSR count). The highest BCUT2D eigenvalue weighted by atomic mass is 35.5. The summed E-state index contributed by atoms with van der Waals surface area (Å²) in [6.45, 7) is 6.93. The van der Waals surface area contributed by atoms with Gasteiger partial charge in [-0.3, -0.25) is 4.79 Å². The SMILES string of the molecule is COc1cc(C(C)NC(=O)C2(N)CC2)ccc1OCCC(C)C.Cl. The summed E-state index contributed by atoms with van der Waals surface area (Å²) in [4.78, 5) is 12.0. The van der Waals surface area contributed by atoms with Crippen molar-refractivity contribution in [3.63, 3.8) is 0 Å². The lowest BCUT2D eigenvalue weighted by Gasteiger charge is -2.19. The van der Waals surface area contributed by atoms with Crippen LogP contribution in [0.1, 0.15) is 51.6 Å². The van der Waals surface area contributed by atoms with Crippen LogP contribution in [0.3, 0.4) is 0 Å². The van der Waals surface area contributed by atoms with E-state index in [9.17, 15) is 4.79 Å². The van der Waals surface area contributed by atoms with Gasteiger partial charge in [-0.05, 0) is 49.8 Å². The maximum Gasteiger partial charge on any atom is 0.240 e. The van der Waals surface area contributed by atoms with Gasteiger partial charge in [0.05, 0.1) is 25.3 Å². The monoisotopic (exact) mass is 356 g/mol. The van der Waals surface area contributed by atoms with E-state index in [2.05, 4.69) is 19.2 Å². The number of hydrogen-bond acceptors (Lipinski definition) is 4. The van der Waals surface area contributed by atoms with Crippen LogP contribution < -0.4 is 20.5 Å². The zero-order valence-corrected chi connectivity index (χ0v) is 15.7. The van der Waals surface area contributed by atoms with Gasteiger partial charge in [-0.2, -0.15) is 0 Å². The molecule has 0 heterocycles. The third-order valence-corrected chi connectivity index (χ3v) is 4.23. The maximum atomic E-state index is 12.0. The van der Waals surface area contributed by atoms with Crippen molar-refractivity contribution in [2.45, 2.75) is 51.6 Å². The molecule has 1 aliphatic rings. The number of ether oxygens (including phenoxy) is 2. The van der Waals surface area contributed by atoms with Crippen LogP contribution in [-0.4, -0.2) is 25.2 Å². The number of nitrogens with one attached hydrogen (secondary N) is 1. The molecule has 0 spiro atoms. The Bertz CT molecular complexity index is 559. The Morgan fingerprint density at radius 1 is 1.29 bits per heavy atom. The van der Waals surface area contributed by atoms with Crippen LogP contribution in [0, 0.1) is 5.92 Å². The van der Waals surface area contributed by atoms with E-state index < -0.39 is 5.54 Å². The van der Waals surface area contributed by atoms with E-state index in [4.69, 9.17) is 15.2 Å². The molecule has 1 fully saturated rings. The summed E-state index contributed by atoms with van der Waals surface area (Å²) < 4.78 is 11.2. The normalized spacial score (nSPS) is 16.1. The van der Waals surface area contributed by atoms with Gasteiger partial charge in [-0.1, -0.05) is 19.9 Å². The zero-order chi connectivity index (χ0) is 17.0. The minimum absolute atomic E-state index is 0. The molecule has 24 heavy (non-hydrogen) atoms. The fraction of sp³-hybridized carbons (Fsp3) is 0.611. The third-order valence-electron chi connectivity index (χ3n) is 4.23. The second-order valence-corrected chi connectivity index (χ2v) is 6.79. The molecule has 0 radical (unpaired) electrons. The molecule has 0 bridgehead atoms. The molecule has 1 aromatic carbocycles. The molecule has 6 heteroatoms. The highest BCUT2D eigenvalue weighted by Gasteiger charge is 2.46. The van der Waals surface area contributed by atoms with Crippen molar-refractivity contribution < 1.29 is 14.3 Å². The Morgan fingerprint density at radius 2 is 1.96 bits per heavy atom. The Hall–Kier alpha value is -1.46. The molecule has 0 aliphatic heterocycles. The van der Waals surface area contributed by atoms with Crippen molar-refractivity contribution in [3.8, 4) is 11.5 Å². The second-order valence-electron chi connectivity index (χ2n) is 6.79. The average molecular weight is 357 g/mol. The Labute approximate surface area is 150 Å². The number of amides is 1. The standard InChI is InChI=1S/C18H28N2O3.ClH/c1-12(2)7-10-23-15-6-5-14(11-16(15)22-4)13(3)20-17(21)18(19)8-9-18;/h5-6,11-13H,7-10,19H2,1-4H3,(H,20,21);1H. The van der Waals surface area contributed by atoms with Gasteiger partial charge >= 0.3 is 0 Å². The molecule has 1 amide bonds. The summed E-state index contributed by atoms with van der Waals surface area (Å²) in [5.74, 6) is 1.93. The van der Waals surface area contributed by atoms with Crippen LogP contribution in [0.2, 0.25) is 0 Å². The molecule has 5 nitrogen and oxygen atoms in total. The van der Waals surface area contributed by atoms with Gasteiger partial charge in [0.2, 0.25) is 5.91 Å². The molecule has 0 saturated heterocycles. The van der Waals surface area contributed by atoms with E-state index >= 15 is 0 Å². The van der Waals surface area contributed by atoms with Crippen LogP contribution in [0.5, 0.6) is 11.5 Å².